The number of carbonyl (C=O) groups excluding carboxylic acids is 1. The van der Waals surface area contributed by atoms with Gasteiger partial charge in [0.1, 0.15) is 0 Å². The number of nitrogens with zero attached hydrogens (tertiary/aromatic N) is 1. The number of benzene rings is 2. The van der Waals surface area contributed by atoms with Gasteiger partial charge in [0.15, 0.2) is 5.96 Å². The summed E-state index contributed by atoms with van der Waals surface area (Å²) in [7, 11) is 0. The predicted molar refractivity (Wildman–Crippen MR) is 129 cm³/mol. The number of aliphatic imine (C=N–C) groups is 1. The van der Waals surface area contributed by atoms with E-state index in [0.717, 1.165) is 17.7 Å². The first-order valence-electron chi connectivity index (χ1n) is 9.73. The van der Waals surface area contributed by atoms with E-state index in [1.807, 2.05) is 62.4 Å². The van der Waals surface area contributed by atoms with E-state index in [0.29, 0.717) is 31.2 Å². The average molecular weight is 510 g/mol. The Balaban J connectivity index is 0.00000420. The van der Waals surface area contributed by atoms with Gasteiger partial charge in [0.25, 0.3) is 5.91 Å². The average Bonchev–Trinajstić information content (AvgIpc) is 2.73. The number of hydrogen-bond acceptors (Lipinski definition) is 3. The van der Waals surface area contributed by atoms with Crippen LogP contribution in [0.5, 0.6) is 0 Å². The van der Waals surface area contributed by atoms with Crippen LogP contribution < -0.4 is 16.0 Å². The van der Waals surface area contributed by atoms with Crippen LogP contribution in [0.2, 0.25) is 0 Å². The highest BCUT2D eigenvalue weighted by molar-refractivity contribution is 14.0. The summed E-state index contributed by atoms with van der Waals surface area (Å²) in [6.45, 7) is 6.33. The van der Waals surface area contributed by atoms with E-state index in [-0.39, 0.29) is 42.4 Å². The molecule has 0 spiro atoms. The summed E-state index contributed by atoms with van der Waals surface area (Å²) in [4.78, 5) is 16.6. The lowest BCUT2D eigenvalue weighted by atomic mass is 10.0. The van der Waals surface area contributed by atoms with Crippen molar-refractivity contribution in [2.75, 3.05) is 26.2 Å². The van der Waals surface area contributed by atoms with Crippen molar-refractivity contribution in [3.8, 4) is 0 Å². The second-order valence-corrected chi connectivity index (χ2v) is 6.43. The number of aliphatic hydroxyl groups is 1. The molecule has 29 heavy (non-hydrogen) atoms. The molecule has 158 valence electrons. The molecular formula is C22H31IN4O2. The Hall–Kier alpha value is -2.13. The van der Waals surface area contributed by atoms with Gasteiger partial charge in [-0.1, -0.05) is 42.5 Å². The number of aliphatic hydroxyl groups excluding tert-OH is 1. The fraction of sp³-hybridized carbons (Fsp3) is 0.364. The van der Waals surface area contributed by atoms with E-state index < -0.39 is 0 Å². The minimum Gasteiger partial charge on any atom is -0.396 e. The van der Waals surface area contributed by atoms with Crippen molar-refractivity contribution in [1.82, 2.24) is 16.0 Å². The molecule has 0 bridgehead atoms. The molecule has 0 saturated heterocycles. The first-order valence-corrected chi connectivity index (χ1v) is 9.73. The van der Waals surface area contributed by atoms with Gasteiger partial charge in [-0.3, -0.25) is 4.79 Å². The van der Waals surface area contributed by atoms with Gasteiger partial charge in [-0.05, 0) is 37.1 Å². The molecule has 0 saturated carbocycles. The zero-order chi connectivity index (χ0) is 20.2. The highest BCUT2D eigenvalue weighted by Gasteiger charge is 2.11. The molecule has 0 fully saturated rings. The van der Waals surface area contributed by atoms with E-state index in [1.165, 1.54) is 0 Å². The largest absolute Gasteiger partial charge is 0.396 e. The van der Waals surface area contributed by atoms with Crippen molar-refractivity contribution in [1.29, 1.82) is 0 Å². The number of amides is 1. The molecule has 0 radical (unpaired) electrons. The van der Waals surface area contributed by atoms with E-state index >= 15 is 0 Å². The summed E-state index contributed by atoms with van der Waals surface area (Å²) in [5, 5.41) is 19.0. The van der Waals surface area contributed by atoms with E-state index in [2.05, 4.69) is 20.9 Å². The number of halogens is 1. The first kappa shape index (κ1) is 24.9. The molecule has 1 atom stereocenters. The van der Waals surface area contributed by atoms with E-state index in [1.54, 1.807) is 6.07 Å². The first-order chi connectivity index (χ1) is 13.7. The van der Waals surface area contributed by atoms with Crippen LogP contribution in [0.25, 0.3) is 0 Å². The van der Waals surface area contributed by atoms with Gasteiger partial charge in [0.2, 0.25) is 0 Å². The number of carbonyl (C=O) groups is 1. The number of nitrogens with one attached hydrogen (secondary N) is 3. The Morgan fingerprint density at radius 3 is 2.38 bits per heavy atom. The van der Waals surface area contributed by atoms with Crippen LogP contribution in [0.4, 0.5) is 0 Å². The maximum Gasteiger partial charge on any atom is 0.251 e. The normalized spacial score (nSPS) is 11.9. The quantitative estimate of drug-likeness (QED) is 0.238. The number of hydrogen-bond donors (Lipinski definition) is 4. The van der Waals surface area contributed by atoms with Gasteiger partial charge in [-0.2, -0.15) is 0 Å². The monoisotopic (exact) mass is 510 g/mol. The van der Waals surface area contributed by atoms with Gasteiger partial charge in [-0.15, -0.1) is 24.0 Å². The maximum absolute atomic E-state index is 12.0. The van der Waals surface area contributed by atoms with Gasteiger partial charge in [0.05, 0.1) is 13.2 Å². The van der Waals surface area contributed by atoms with Crippen molar-refractivity contribution in [2.24, 2.45) is 4.99 Å². The molecule has 0 aliphatic rings. The summed E-state index contributed by atoms with van der Waals surface area (Å²) in [6.07, 6.45) is 0. The van der Waals surface area contributed by atoms with Crippen LogP contribution in [-0.2, 0) is 6.54 Å². The molecule has 0 aromatic heterocycles. The molecule has 1 unspecified atom stereocenters. The SMILES string of the molecule is CCNC(=O)c1cccc(CN=C(NCC)NCC(CO)c2ccccc2)c1.I. The minimum absolute atomic E-state index is 0. The topological polar surface area (TPSA) is 85.8 Å². The standard InChI is InChI=1S/C22H30N4O2.HI/c1-3-23-21(28)19-12-8-9-17(13-19)14-25-22(24-4-2)26-15-20(16-27)18-10-6-5-7-11-18;/h5-13,20,27H,3-4,14-16H2,1-2H3,(H,23,28)(H2,24,25,26);1H. The molecule has 0 aliphatic heterocycles. The van der Waals surface area contributed by atoms with Crippen LogP contribution in [0.15, 0.2) is 59.6 Å². The van der Waals surface area contributed by atoms with E-state index in [4.69, 9.17) is 0 Å². The van der Waals surface area contributed by atoms with Crippen LogP contribution in [0, 0.1) is 0 Å². The van der Waals surface area contributed by atoms with Crippen molar-refractivity contribution in [3.05, 3.63) is 71.3 Å². The number of rotatable bonds is 9. The Labute approximate surface area is 190 Å². The summed E-state index contributed by atoms with van der Waals surface area (Å²) in [6, 6.07) is 17.4. The van der Waals surface area contributed by atoms with Crippen molar-refractivity contribution < 1.29 is 9.90 Å². The maximum atomic E-state index is 12.0. The van der Waals surface area contributed by atoms with Crippen molar-refractivity contribution in [3.63, 3.8) is 0 Å². The predicted octanol–water partition coefficient (Wildman–Crippen LogP) is 2.89. The summed E-state index contributed by atoms with van der Waals surface area (Å²) in [5.74, 6) is 0.596. The molecule has 4 N–H and O–H groups in total. The van der Waals surface area contributed by atoms with Gasteiger partial charge in [0, 0.05) is 31.1 Å². The lowest BCUT2D eigenvalue weighted by Crippen LogP contribution is -2.39. The molecule has 2 aromatic rings. The third-order valence-corrected chi connectivity index (χ3v) is 4.30. The highest BCUT2D eigenvalue weighted by atomic mass is 127. The van der Waals surface area contributed by atoms with Gasteiger partial charge >= 0.3 is 0 Å². The fourth-order valence-corrected chi connectivity index (χ4v) is 2.82. The summed E-state index contributed by atoms with van der Waals surface area (Å²) < 4.78 is 0. The van der Waals surface area contributed by atoms with Crippen LogP contribution in [0.3, 0.4) is 0 Å². The summed E-state index contributed by atoms with van der Waals surface area (Å²) >= 11 is 0. The minimum atomic E-state index is -0.0768. The second-order valence-electron chi connectivity index (χ2n) is 6.43. The smallest absolute Gasteiger partial charge is 0.251 e. The van der Waals surface area contributed by atoms with Crippen molar-refractivity contribution >= 4 is 35.8 Å². The Morgan fingerprint density at radius 2 is 1.72 bits per heavy atom. The van der Waals surface area contributed by atoms with Gasteiger partial charge in [-0.25, -0.2) is 4.99 Å². The molecule has 6 nitrogen and oxygen atoms in total. The van der Waals surface area contributed by atoms with Crippen LogP contribution in [-0.4, -0.2) is 43.2 Å². The zero-order valence-corrected chi connectivity index (χ0v) is 19.4. The molecule has 7 heteroatoms. The number of guanidine groups is 1. The third kappa shape index (κ3) is 8.41. The Morgan fingerprint density at radius 1 is 1.00 bits per heavy atom. The molecular weight excluding hydrogens is 479 g/mol. The van der Waals surface area contributed by atoms with Gasteiger partial charge < -0.3 is 21.1 Å². The third-order valence-electron chi connectivity index (χ3n) is 4.30. The zero-order valence-electron chi connectivity index (χ0n) is 17.0. The molecule has 0 heterocycles. The van der Waals surface area contributed by atoms with Crippen LogP contribution in [0.1, 0.15) is 41.3 Å². The molecule has 2 rings (SSSR count). The van der Waals surface area contributed by atoms with E-state index in [9.17, 15) is 9.90 Å². The fourth-order valence-electron chi connectivity index (χ4n) is 2.82. The Bertz CT molecular complexity index is 768. The second kappa shape index (κ2) is 13.9. The molecule has 2 aromatic carbocycles. The summed E-state index contributed by atoms with van der Waals surface area (Å²) in [5.41, 5.74) is 2.68. The molecule has 0 aliphatic carbocycles. The van der Waals surface area contributed by atoms with Crippen LogP contribution >= 0.6 is 24.0 Å². The highest BCUT2D eigenvalue weighted by Crippen LogP contribution is 2.13. The molecule has 1 amide bonds. The lowest BCUT2D eigenvalue weighted by molar-refractivity contribution is 0.0955. The Kier molecular flexibility index (Phi) is 12.0. The lowest BCUT2D eigenvalue weighted by Gasteiger charge is -2.18. The van der Waals surface area contributed by atoms with Crippen molar-refractivity contribution in [2.45, 2.75) is 26.3 Å².